The van der Waals surface area contributed by atoms with E-state index in [2.05, 4.69) is 30.4 Å². The molecule has 24 heavy (non-hydrogen) atoms. The molecule has 3 nitrogen and oxygen atoms in total. The number of carbonyl (C=O) groups excluding carboxylic acids is 1. The van der Waals surface area contributed by atoms with E-state index >= 15 is 0 Å². The minimum atomic E-state index is -0.117. The molecule has 0 atom stereocenters. The normalized spacial score (nSPS) is 16.0. The summed E-state index contributed by atoms with van der Waals surface area (Å²) in [5.41, 5.74) is 5.80. The number of nitrogens with zero attached hydrogens (tertiary/aromatic N) is 1. The summed E-state index contributed by atoms with van der Waals surface area (Å²) in [7, 11) is 0. The molecule has 1 N–H and O–H groups in total. The SMILES string of the molecule is CCc1cccc(N2C(=O)/C(=C\c3cc(C)ccc3C)NC2=S)c1. The Balaban J connectivity index is 1.97. The lowest BCUT2D eigenvalue weighted by Crippen LogP contribution is -2.30. The predicted molar refractivity (Wildman–Crippen MR) is 103 cm³/mol. The molecule has 0 radical (unpaired) electrons. The van der Waals surface area contributed by atoms with Crippen molar-refractivity contribution in [3.8, 4) is 0 Å². The number of nitrogens with one attached hydrogen (secondary N) is 1. The number of hydrogen-bond donors (Lipinski definition) is 1. The van der Waals surface area contributed by atoms with Gasteiger partial charge in [0.15, 0.2) is 5.11 Å². The maximum absolute atomic E-state index is 12.8. The van der Waals surface area contributed by atoms with Crippen LogP contribution in [0.15, 0.2) is 48.2 Å². The van der Waals surface area contributed by atoms with E-state index in [0.29, 0.717) is 10.8 Å². The van der Waals surface area contributed by atoms with Crippen LogP contribution in [0.1, 0.15) is 29.2 Å². The number of hydrogen-bond acceptors (Lipinski definition) is 2. The third-order valence-electron chi connectivity index (χ3n) is 4.19. The first kappa shape index (κ1) is 16.4. The Morgan fingerprint density at radius 3 is 2.71 bits per heavy atom. The molecule has 2 aromatic rings. The van der Waals surface area contributed by atoms with Gasteiger partial charge in [-0.05, 0) is 67.4 Å². The second kappa shape index (κ2) is 6.57. The van der Waals surface area contributed by atoms with E-state index in [1.54, 1.807) is 4.90 Å². The fraction of sp³-hybridized carbons (Fsp3) is 0.200. The second-order valence-electron chi connectivity index (χ2n) is 6.01. The quantitative estimate of drug-likeness (QED) is 0.676. The van der Waals surface area contributed by atoms with Gasteiger partial charge in [-0.2, -0.15) is 0 Å². The number of carbonyl (C=O) groups is 1. The summed E-state index contributed by atoms with van der Waals surface area (Å²) < 4.78 is 0. The van der Waals surface area contributed by atoms with Gasteiger partial charge in [-0.25, -0.2) is 0 Å². The Labute approximate surface area is 148 Å². The summed E-state index contributed by atoms with van der Waals surface area (Å²) in [6.07, 6.45) is 2.79. The van der Waals surface area contributed by atoms with Crippen molar-refractivity contribution < 1.29 is 4.79 Å². The van der Waals surface area contributed by atoms with E-state index in [9.17, 15) is 4.79 Å². The van der Waals surface area contributed by atoms with Crippen LogP contribution in [0.2, 0.25) is 0 Å². The van der Waals surface area contributed by atoms with Gasteiger partial charge in [0, 0.05) is 0 Å². The van der Waals surface area contributed by atoms with Gasteiger partial charge in [-0.3, -0.25) is 9.69 Å². The van der Waals surface area contributed by atoms with E-state index in [1.165, 1.54) is 5.56 Å². The van der Waals surface area contributed by atoms with Crippen molar-refractivity contribution in [3.63, 3.8) is 0 Å². The highest BCUT2D eigenvalue weighted by atomic mass is 32.1. The zero-order chi connectivity index (χ0) is 17.3. The van der Waals surface area contributed by atoms with Crippen LogP contribution in [0.25, 0.3) is 6.08 Å². The molecule has 1 amide bonds. The lowest BCUT2D eigenvalue weighted by Gasteiger charge is -2.14. The highest BCUT2D eigenvalue weighted by Gasteiger charge is 2.32. The molecule has 0 unspecified atom stereocenters. The van der Waals surface area contributed by atoms with Crippen LogP contribution < -0.4 is 10.2 Å². The molecule has 0 spiro atoms. The number of amides is 1. The molecular formula is C20H20N2OS. The maximum atomic E-state index is 12.8. The second-order valence-corrected chi connectivity index (χ2v) is 6.40. The molecule has 0 bridgehead atoms. The highest BCUT2D eigenvalue weighted by molar-refractivity contribution is 7.80. The number of thiocarbonyl (C=S) groups is 1. The highest BCUT2D eigenvalue weighted by Crippen LogP contribution is 2.24. The van der Waals surface area contributed by atoms with Crippen LogP contribution in [-0.2, 0) is 11.2 Å². The first-order valence-corrected chi connectivity index (χ1v) is 8.43. The first-order chi connectivity index (χ1) is 11.5. The van der Waals surface area contributed by atoms with E-state index in [1.807, 2.05) is 44.2 Å². The van der Waals surface area contributed by atoms with Gasteiger partial charge in [0.2, 0.25) is 0 Å². The van der Waals surface area contributed by atoms with Crippen molar-refractivity contribution in [1.82, 2.24) is 5.32 Å². The van der Waals surface area contributed by atoms with Crippen LogP contribution in [0.3, 0.4) is 0 Å². The van der Waals surface area contributed by atoms with Gasteiger partial charge < -0.3 is 5.32 Å². The van der Waals surface area contributed by atoms with Crippen LogP contribution in [0.4, 0.5) is 5.69 Å². The Morgan fingerprint density at radius 2 is 1.96 bits per heavy atom. The van der Waals surface area contributed by atoms with Crippen LogP contribution in [-0.4, -0.2) is 11.0 Å². The summed E-state index contributed by atoms with van der Waals surface area (Å²) in [6, 6.07) is 14.1. The molecule has 1 aliphatic rings. The fourth-order valence-electron chi connectivity index (χ4n) is 2.76. The van der Waals surface area contributed by atoms with Gasteiger partial charge >= 0.3 is 0 Å². The minimum Gasteiger partial charge on any atom is -0.327 e. The predicted octanol–water partition coefficient (Wildman–Crippen LogP) is 4.13. The van der Waals surface area contributed by atoms with Crippen molar-refractivity contribution in [2.24, 2.45) is 0 Å². The Kier molecular flexibility index (Phi) is 4.49. The number of rotatable bonds is 3. The minimum absolute atomic E-state index is 0.117. The molecule has 122 valence electrons. The van der Waals surface area contributed by atoms with Crippen LogP contribution in [0.5, 0.6) is 0 Å². The third-order valence-corrected chi connectivity index (χ3v) is 4.47. The monoisotopic (exact) mass is 336 g/mol. The lowest BCUT2D eigenvalue weighted by molar-refractivity contribution is -0.113. The molecule has 1 heterocycles. The summed E-state index contributed by atoms with van der Waals surface area (Å²) in [6.45, 7) is 6.16. The Bertz CT molecular complexity index is 854. The fourth-order valence-corrected chi connectivity index (χ4v) is 3.05. The third kappa shape index (κ3) is 3.10. The Hall–Kier alpha value is -2.46. The first-order valence-electron chi connectivity index (χ1n) is 8.03. The van der Waals surface area contributed by atoms with E-state index in [0.717, 1.165) is 28.8 Å². The molecule has 2 aromatic carbocycles. The number of anilines is 1. The maximum Gasteiger partial charge on any atom is 0.281 e. The molecular weight excluding hydrogens is 316 g/mol. The molecule has 1 aliphatic heterocycles. The molecule has 3 rings (SSSR count). The van der Waals surface area contributed by atoms with Crippen molar-refractivity contribution in [2.75, 3.05) is 4.90 Å². The average molecular weight is 336 g/mol. The summed E-state index contributed by atoms with van der Waals surface area (Å²) in [5, 5.41) is 3.47. The van der Waals surface area contributed by atoms with Crippen LogP contribution >= 0.6 is 12.2 Å². The Morgan fingerprint density at radius 1 is 1.17 bits per heavy atom. The van der Waals surface area contributed by atoms with E-state index in [4.69, 9.17) is 12.2 Å². The van der Waals surface area contributed by atoms with Crippen LogP contribution in [0, 0.1) is 13.8 Å². The number of benzene rings is 2. The molecule has 1 fully saturated rings. The van der Waals surface area contributed by atoms with Gasteiger partial charge in [0.1, 0.15) is 5.70 Å². The van der Waals surface area contributed by atoms with E-state index < -0.39 is 0 Å². The molecule has 0 saturated carbocycles. The van der Waals surface area contributed by atoms with Gasteiger partial charge in [-0.1, -0.05) is 42.8 Å². The topological polar surface area (TPSA) is 32.3 Å². The van der Waals surface area contributed by atoms with Gasteiger partial charge in [0.05, 0.1) is 5.69 Å². The van der Waals surface area contributed by atoms with Gasteiger partial charge in [0.25, 0.3) is 5.91 Å². The smallest absolute Gasteiger partial charge is 0.281 e. The van der Waals surface area contributed by atoms with Crippen molar-refractivity contribution >= 4 is 35.0 Å². The van der Waals surface area contributed by atoms with Crippen molar-refractivity contribution in [2.45, 2.75) is 27.2 Å². The van der Waals surface area contributed by atoms with Gasteiger partial charge in [-0.15, -0.1) is 0 Å². The van der Waals surface area contributed by atoms with Crippen molar-refractivity contribution in [1.29, 1.82) is 0 Å². The van der Waals surface area contributed by atoms with E-state index in [-0.39, 0.29) is 5.91 Å². The lowest BCUT2D eigenvalue weighted by atomic mass is 10.0. The summed E-state index contributed by atoms with van der Waals surface area (Å²) in [4.78, 5) is 14.4. The molecule has 4 heteroatoms. The summed E-state index contributed by atoms with van der Waals surface area (Å²) >= 11 is 5.38. The molecule has 1 saturated heterocycles. The average Bonchev–Trinajstić information content (AvgIpc) is 2.85. The summed E-state index contributed by atoms with van der Waals surface area (Å²) in [5.74, 6) is -0.117. The number of aryl methyl sites for hydroxylation is 3. The largest absolute Gasteiger partial charge is 0.327 e. The van der Waals surface area contributed by atoms with Crippen molar-refractivity contribution in [3.05, 3.63) is 70.4 Å². The zero-order valence-corrected chi connectivity index (χ0v) is 14.9. The standard InChI is InChI=1S/C20H20N2OS/c1-4-15-6-5-7-17(11-15)22-19(23)18(21-20(22)24)12-16-10-13(2)8-9-14(16)3/h5-12H,4H2,1-3H3,(H,21,24)/b18-12+. The molecule has 0 aliphatic carbocycles. The zero-order valence-electron chi connectivity index (χ0n) is 14.1. The molecule has 0 aromatic heterocycles.